The van der Waals surface area contributed by atoms with E-state index in [-0.39, 0.29) is 24.0 Å². The van der Waals surface area contributed by atoms with Crippen molar-refractivity contribution in [3.63, 3.8) is 0 Å². The maximum atomic E-state index is 5.94. The highest BCUT2D eigenvalue weighted by Gasteiger charge is 2.43. The first kappa shape index (κ1) is 14.6. The molecule has 1 aromatic carbocycles. The minimum Gasteiger partial charge on any atom is -0.378 e. The fraction of sp³-hybridized carbons (Fsp3) is 0.500. The lowest BCUT2D eigenvalue weighted by Gasteiger charge is -2.45. The van der Waals surface area contributed by atoms with Crippen molar-refractivity contribution in [2.24, 2.45) is 16.6 Å². The van der Waals surface area contributed by atoms with Crippen LogP contribution in [-0.4, -0.2) is 24.7 Å². The van der Waals surface area contributed by atoms with Crippen LogP contribution in [0.3, 0.4) is 0 Å². The number of nitrogens with two attached hydrogens (primary N) is 1. The van der Waals surface area contributed by atoms with E-state index in [4.69, 9.17) is 10.5 Å². The highest BCUT2D eigenvalue weighted by Crippen LogP contribution is 2.39. The Labute approximate surface area is 130 Å². The molecule has 1 aromatic rings. The third-order valence-corrected chi connectivity index (χ3v) is 3.81. The number of ether oxygens (including phenoxy) is 1. The van der Waals surface area contributed by atoms with Gasteiger partial charge in [0.1, 0.15) is 0 Å². The van der Waals surface area contributed by atoms with E-state index in [9.17, 15) is 0 Å². The Balaban J connectivity index is 0.00000133. The standard InChI is InChI=1S/C14H19N3O.HI/c15-14(16-10-5-2-1-3-6-10)17-12-9-13-11(12)7-4-8-18-13;/h1-3,5-6,11-13H,4,7-9H2,(H3,15,16,17);1H. The van der Waals surface area contributed by atoms with Crippen LogP contribution in [0.2, 0.25) is 0 Å². The average Bonchev–Trinajstić information content (AvgIpc) is 2.37. The number of anilines is 1. The van der Waals surface area contributed by atoms with E-state index in [1.165, 1.54) is 6.42 Å². The molecule has 2 aliphatic rings. The van der Waals surface area contributed by atoms with Gasteiger partial charge < -0.3 is 15.8 Å². The first-order chi connectivity index (χ1) is 8.83. The van der Waals surface area contributed by atoms with Gasteiger partial charge in [0, 0.05) is 18.2 Å². The zero-order chi connectivity index (χ0) is 12.4. The van der Waals surface area contributed by atoms with Gasteiger partial charge in [-0.2, -0.15) is 0 Å². The molecule has 4 nitrogen and oxygen atoms in total. The molecule has 0 bridgehead atoms. The van der Waals surface area contributed by atoms with Crippen molar-refractivity contribution in [2.75, 3.05) is 11.9 Å². The van der Waals surface area contributed by atoms with Gasteiger partial charge in [-0.15, -0.1) is 24.0 Å². The van der Waals surface area contributed by atoms with Crippen molar-refractivity contribution in [1.29, 1.82) is 0 Å². The molecule has 1 aliphatic carbocycles. The number of halogens is 1. The molecule has 3 rings (SSSR count). The van der Waals surface area contributed by atoms with Crippen LogP contribution >= 0.6 is 24.0 Å². The summed E-state index contributed by atoms with van der Waals surface area (Å²) in [6, 6.07) is 10.2. The van der Waals surface area contributed by atoms with Crippen molar-refractivity contribution >= 4 is 35.6 Å². The minimum absolute atomic E-state index is 0. The number of guanidine groups is 1. The number of aliphatic imine (C=N–C) groups is 1. The molecular formula is C14H20IN3O. The molecule has 2 fully saturated rings. The summed E-state index contributed by atoms with van der Waals surface area (Å²) in [6.07, 6.45) is 3.82. The summed E-state index contributed by atoms with van der Waals surface area (Å²) >= 11 is 0. The van der Waals surface area contributed by atoms with Gasteiger partial charge in [-0.1, -0.05) is 18.2 Å². The largest absolute Gasteiger partial charge is 0.378 e. The second kappa shape index (κ2) is 6.56. The van der Waals surface area contributed by atoms with Crippen LogP contribution in [-0.2, 0) is 4.74 Å². The van der Waals surface area contributed by atoms with Gasteiger partial charge in [0.25, 0.3) is 0 Å². The summed E-state index contributed by atoms with van der Waals surface area (Å²) in [7, 11) is 0. The molecule has 1 aliphatic heterocycles. The number of fused-ring (bicyclic) bond motifs is 1. The Morgan fingerprint density at radius 2 is 2.11 bits per heavy atom. The summed E-state index contributed by atoms with van der Waals surface area (Å²) in [6.45, 7) is 0.912. The SMILES string of the molecule is I.NC(=NC1CC2OCCCC12)Nc1ccccc1. The fourth-order valence-electron chi connectivity index (χ4n) is 2.79. The normalized spacial score (nSPS) is 29.7. The van der Waals surface area contributed by atoms with Crippen molar-refractivity contribution < 1.29 is 4.74 Å². The maximum Gasteiger partial charge on any atom is 0.193 e. The highest BCUT2D eigenvalue weighted by atomic mass is 127. The van der Waals surface area contributed by atoms with E-state index in [0.717, 1.165) is 25.1 Å². The molecule has 0 amide bonds. The van der Waals surface area contributed by atoms with Crippen molar-refractivity contribution in [3.05, 3.63) is 30.3 Å². The van der Waals surface area contributed by atoms with Crippen LogP contribution in [0.5, 0.6) is 0 Å². The van der Waals surface area contributed by atoms with Crippen molar-refractivity contribution in [3.8, 4) is 0 Å². The second-order valence-electron chi connectivity index (χ2n) is 5.02. The summed E-state index contributed by atoms with van der Waals surface area (Å²) in [5.74, 6) is 1.09. The lowest BCUT2D eigenvalue weighted by Crippen LogP contribution is -2.49. The second-order valence-corrected chi connectivity index (χ2v) is 5.02. The van der Waals surface area contributed by atoms with E-state index >= 15 is 0 Å². The molecule has 1 heterocycles. The molecule has 19 heavy (non-hydrogen) atoms. The summed E-state index contributed by atoms with van der Waals surface area (Å²) < 4.78 is 5.68. The Kier molecular flexibility index (Phi) is 5.04. The molecule has 5 heteroatoms. The Bertz CT molecular complexity index is 438. The fourth-order valence-corrected chi connectivity index (χ4v) is 2.79. The van der Waals surface area contributed by atoms with Crippen LogP contribution in [0, 0.1) is 5.92 Å². The van der Waals surface area contributed by atoms with E-state index < -0.39 is 0 Å². The Morgan fingerprint density at radius 3 is 2.84 bits per heavy atom. The van der Waals surface area contributed by atoms with Gasteiger partial charge in [0.15, 0.2) is 5.96 Å². The van der Waals surface area contributed by atoms with Crippen LogP contribution in [0.25, 0.3) is 0 Å². The highest BCUT2D eigenvalue weighted by molar-refractivity contribution is 14.0. The van der Waals surface area contributed by atoms with Gasteiger partial charge in [-0.05, 0) is 31.4 Å². The Morgan fingerprint density at radius 1 is 1.32 bits per heavy atom. The molecule has 0 radical (unpaired) electrons. The van der Waals surface area contributed by atoms with Crippen molar-refractivity contribution in [1.82, 2.24) is 0 Å². The number of para-hydroxylation sites is 1. The van der Waals surface area contributed by atoms with Crippen LogP contribution in [0.1, 0.15) is 19.3 Å². The molecule has 3 atom stereocenters. The third-order valence-electron chi connectivity index (χ3n) is 3.81. The number of hydrogen-bond acceptors (Lipinski definition) is 2. The first-order valence-electron chi connectivity index (χ1n) is 6.60. The van der Waals surface area contributed by atoms with E-state index in [1.54, 1.807) is 0 Å². The molecular weight excluding hydrogens is 353 g/mol. The lowest BCUT2D eigenvalue weighted by atomic mass is 9.73. The smallest absolute Gasteiger partial charge is 0.193 e. The summed E-state index contributed by atoms with van der Waals surface area (Å²) in [4.78, 5) is 4.57. The number of rotatable bonds is 2. The molecule has 0 spiro atoms. The number of benzene rings is 1. The lowest BCUT2D eigenvalue weighted by molar-refractivity contribution is -0.0937. The summed E-state index contributed by atoms with van der Waals surface area (Å²) in [5, 5.41) is 3.12. The zero-order valence-electron chi connectivity index (χ0n) is 10.8. The average molecular weight is 373 g/mol. The van der Waals surface area contributed by atoms with Crippen LogP contribution in [0.4, 0.5) is 5.69 Å². The predicted molar refractivity (Wildman–Crippen MR) is 88.0 cm³/mol. The van der Waals surface area contributed by atoms with Crippen LogP contribution < -0.4 is 11.1 Å². The zero-order valence-corrected chi connectivity index (χ0v) is 13.1. The number of nitrogens with one attached hydrogen (secondary N) is 1. The van der Waals surface area contributed by atoms with Gasteiger partial charge in [-0.25, -0.2) is 4.99 Å². The topological polar surface area (TPSA) is 59.6 Å². The van der Waals surface area contributed by atoms with Gasteiger partial charge in [0.05, 0.1) is 12.1 Å². The maximum absolute atomic E-state index is 5.94. The predicted octanol–water partition coefficient (Wildman–Crippen LogP) is 2.60. The Hall–Kier alpha value is -0.820. The van der Waals surface area contributed by atoms with Gasteiger partial charge in [-0.3, -0.25) is 0 Å². The van der Waals surface area contributed by atoms with Gasteiger partial charge in [0.2, 0.25) is 0 Å². The van der Waals surface area contributed by atoms with Crippen LogP contribution in [0.15, 0.2) is 35.3 Å². The monoisotopic (exact) mass is 373 g/mol. The van der Waals surface area contributed by atoms with E-state index in [1.807, 2.05) is 30.3 Å². The quantitative estimate of drug-likeness (QED) is 0.476. The van der Waals surface area contributed by atoms with Crippen molar-refractivity contribution in [2.45, 2.75) is 31.4 Å². The van der Waals surface area contributed by atoms with Gasteiger partial charge >= 0.3 is 0 Å². The summed E-state index contributed by atoms with van der Waals surface area (Å²) in [5.41, 5.74) is 6.92. The molecule has 104 valence electrons. The molecule has 1 saturated heterocycles. The number of nitrogens with zero attached hydrogens (tertiary/aromatic N) is 1. The van der Waals surface area contributed by atoms with E-state index in [0.29, 0.717) is 24.0 Å². The first-order valence-corrected chi connectivity index (χ1v) is 6.60. The minimum atomic E-state index is 0. The number of hydrogen-bond donors (Lipinski definition) is 2. The molecule has 3 unspecified atom stereocenters. The molecule has 1 saturated carbocycles. The molecule has 3 N–H and O–H groups in total. The third kappa shape index (κ3) is 3.39. The molecule has 0 aromatic heterocycles. The van der Waals surface area contributed by atoms with E-state index in [2.05, 4.69) is 10.3 Å².